The van der Waals surface area contributed by atoms with Crippen LogP contribution < -0.4 is 0 Å². The van der Waals surface area contributed by atoms with E-state index in [2.05, 4.69) is 0 Å². The predicted molar refractivity (Wildman–Crippen MR) is 37.7 cm³/mol. The predicted octanol–water partition coefficient (Wildman–Crippen LogP) is 0.975. The van der Waals surface area contributed by atoms with E-state index in [0.717, 1.165) is 0 Å². The minimum Gasteiger partial charge on any atom is -0.356 e. The van der Waals surface area contributed by atoms with Crippen LogP contribution in [0.5, 0.6) is 0 Å². The molecule has 0 heterocycles. The molecule has 10 heavy (non-hydrogen) atoms. The molecule has 3 heteroatoms. The van der Waals surface area contributed by atoms with Crippen LogP contribution in [0.2, 0.25) is 0 Å². The van der Waals surface area contributed by atoms with Gasteiger partial charge < -0.3 is 14.3 Å². The van der Waals surface area contributed by atoms with Crippen molar-refractivity contribution in [3.63, 3.8) is 0 Å². The molecule has 0 unspecified atom stereocenters. The molecule has 0 saturated carbocycles. The molecule has 0 amide bonds. The van der Waals surface area contributed by atoms with Crippen molar-refractivity contribution < 1.29 is 14.3 Å². The third kappa shape index (κ3) is 4.47. The Labute approximate surface area is 61.3 Å². The van der Waals surface area contributed by atoms with Crippen LogP contribution in [0.3, 0.4) is 0 Å². The van der Waals surface area contributed by atoms with Crippen molar-refractivity contribution in [3.05, 3.63) is 0 Å². The summed E-state index contributed by atoms with van der Waals surface area (Å²) in [5, 5.41) is 0. The number of ketones is 1. The monoisotopic (exact) mass is 146 g/mol. The topological polar surface area (TPSA) is 35.5 Å². The van der Waals surface area contributed by atoms with E-state index in [-0.39, 0.29) is 12.1 Å². The van der Waals surface area contributed by atoms with Crippen molar-refractivity contribution >= 4 is 5.78 Å². The first-order valence-corrected chi connectivity index (χ1v) is 3.25. The number of rotatable bonds is 5. The molecular weight excluding hydrogens is 132 g/mol. The highest BCUT2D eigenvalue weighted by Crippen LogP contribution is 2.01. The molecule has 0 bridgehead atoms. The summed E-state index contributed by atoms with van der Waals surface area (Å²) in [6.45, 7) is 1.56. The van der Waals surface area contributed by atoms with Crippen LogP contribution in [-0.2, 0) is 14.3 Å². The fraction of sp³-hybridized carbons (Fsp3) is 0.857. The lowest BCUT2D eigenvalue weighted by Gasteiger charge is -2.11. The van der Waals surface area contributed by atoms with E-state index >= 15 is 0 Å². The fourth-order valence-corrected chi connectivity index (χ4v) is 0.653. The lowest BCUT2D eigenvalue weighted by atomic mass is 10.2. The Balaban J connectivity index is 3.34. The molecule has 0 saturated heterocycles. The summed E-state index contributed by atoms with van der Waals surface area (Å²) in [7, 11) is 3.13. The van der Waals surface area contributed by atoms with Crippen molar-refractivity contribution in [2.75, 3.05) is 14.2 Å². The Morgan fingerprint density at radius 2 is 1.90 bits per heavy atom. The van der Waals surface area contributed by atoms with Crippen molar-refractivity contribution in [1.82, 2.24) is 0 Å². The molecule has 0 aliphatic carbocycles. The molecule has 60 valence electrons. The Morgan fingerprint density at radius 1 is 1.40 bits per heavy atom. The molecule has 0 radical (unpaired) electrons. The van der Waals surface area contributed by atoms with E-state index in [1.165, 1.54) is 0 Å². The average molecular weight is 146 g/mol. The second kappa shape index (κ2) is 5.38. The second-order valence-electron chi connectivity index (χ2n) is 2.14. The van der Waals surface area contributed by atoms with Crippen LogP contribution in [0, 0.1) is 0 Å². The highest BCUT2D eigenvalue weighted by Gasteiger charge is 2.05. The number of ether oxygens (including phenoxy) is 2. The Morgan fingerprint density at radius 3 is 2.20 bits per heavy atom. The van der Waals surface area contributed by atoms with Crippen LogP contribution in [0.25, 0.3) is 0 Å². The Hall–Kier alpha value is -0.410. The van der Waals surface area contributed by atoms with Gasteiger partial charge in [-0.05, 0) is 6.92 Å². The van der Waals surface area contributed by atoms with Crippen LogP contribution in [0.4, 0.5) is 0 Å². The largest absolute Gasteiger partial charge is 0.356 e. The van der Waals surface area contributed by atoms with Gasteiger partial charge >= 0.3 is 0 Å². The van der Waals surface area contributed by atoms with E-state index in [1.807, 2.05) is 0 Å². The summed E-state index contributed by atoms with van der Waals surface area (Å²) < 4.78 is 9.75. The van der Waals surface area contributed by atoms with Gasteiger partial charge in [0, 0.05) is 27.1 Å². The normalized spacial score (nSPS) is 10.4. The first-order chi connectivity index (χ1) is 4.70. The van der Waals surface area contributed by atoms with Crippen molar-refractivity contribution in [3.8, 4) is 0 Å². The molecular formula is C7H14O3. The first kappa shape index (κ1) is 9.59. The van der Waals surface area contributed by atoms with Gasteiger partial charge in [-0.3, -0.25) is 0 Å². The number of methoxy groups -OCH3 is 2. The fourth-order valence-electron chi connectivity index (χ4n) is 0.653. The van der Waals surface area contributed by atoms with E-state index in [9.17, 15) is 4.79 Å². The highest BCUT2D eigenvalue weighted by atomic mass is 16.7. The molecule has 3 nitrogen and oxygen atoms in total. The number of carbonyl (C=O) groups excluding carboxylic acids is 1. The van der Waals surface area contributed by atoms with Gasteiger partial charge in [-0.15, -0.1) is 0 Å². The Bertz CT molecular complexity index is 97.0. The molecule has 0 aromatic carbocycles. The molecule has 0 aliphatic rings. The SMILES string of the molecule is COC(CCC(C)=O)OC. The number of hydrogen-bond acceptors (Lipinski definition) is 3. The highest BCUT2D eigenvalue weighted by molar-refractivity contribution is 5.75. The summed E-state index contributed by atoms with van der Waals surface area (Å²) in [4.78, 5) is 10.5. The maximum atomic E-state index is 10.5. The van der Waals surface area contributed by atoms with E-state index in [0.29, 0.717) is 12.8 Å². The Kier molecular flexibility index (Phi) is 5.16. The van der Waals surface area contributed by atoms with E-state index in [1.54, 1.807) is 21.1 Å². The smallest absolute Gasteiger partial charge is 0.157 e. The summed E-state index contributed by atoms with van der Waals surface area (Å²) >= 11 is 0. The van der Waals surface area contributed by atoms with Crippen LogP contribution in [-0.4, -0.2) is 26.3 Å². The van der Waals surface area contributed by atoms with Gasteiger partial charge in [0.1, 0.15) is 5.78 Å². The van der Waals surface area contributed by atoms with Crippen molar-refractivity contribution in [2.45, 2.75) is 26.1 Å². The van der Waals surface area contributed by atoms with Gasteiger partial charge in [0.2, 0.25) is 0 Å². The first-order valence-electron chi connectivity index (χ1n) is 3.25. The number of carbonyl (C=O) groups is 1. The van der Waals surface area contributed by atoms with Gasteiger partial charge in [-0.25, -0.2) is 0 Å². The zero-order valence-electron chi connectivity index (χ0n) is 6.72. The van der Waals surface area contributed by atoms with Gasteiger partial charge in [-0.2, -0.15) is 0 Å². The molecule has 0 atom stereocenters. The van der Waals surface area contributed by atoms with E-state index < -0.39 is 0 Å². The molecule has 0 aromatic heterocycles. The lowest BCUT2D eigenvalue weighted by Crippen LogP contribution is -2.13. The van der Waals surface area contributed by atoms with Crippen LogP contribution in [0.1, 0.15) is 19.8 Å². The molecule has 0 spiro atoms. The van der Waals surface area contributed by atoms with Crippen molar-refractivity contribution in [2.24, 2.45) is 0 Å². The summed E-state index contributed by atoms with van der Waals surface area (Å²) in [6, 6.07) is 0. The molecule has 0 aromatic rings. The van der Waals surface area contributed by atoms with Crippen LogP contribution in [0.15, 0.2) is 0 Å². The van der Waals surface area contributed by atoms with Gasteiger partial charge in [0.05, 0.1) is 0 Å². The number of Topliss-reactive ketones (excluding diaryl/α,β-unsaturated/α-hetero) is 1. The summed E-state index contributed by atoms with van der Waals surface area (Å²) in [6.07, 6.45) is 0.929. The number of hydrogen-bond donors (Lipinski definition) is 0. The van der Waals surface area contributed by atoms with Crippen molar-refractivity contribution in [1.29, 1.82) is 0 Å². The minimum atomic E-state index is -0.233. The zero-order chi connectivity index (χ0) is 7.98. The van der Waals surface area contributed by atoms with Crippen LogP contribution >= 0.6 is 0 Å². The second-order valence-corrected chi connectivity index (χ2v) is 2.14. The molecule has 0 N–H and O–H groups in total. The third-order valence-electron chi connectivity index (χ3n) is 1.26. The van der Waals surface area contributed by atoms with Gasteiger partial charge in [-0.1, -0.05) is 0 Å². The minimum absolute atomic E-state index is 0.166. The maximum Gasteiger partial charge on any atom is 0.157 e. The average Bonchev–Trinajstić information content (AvgIpc) is 1.90. The quantitative estimate of drug-likeness (QED) is 0.542. The summed E-state index contributed by atoms with van der Waals surface area (Å²) in [5.41, 5.74) is 0. The van der Waals surface area contributed by atoms with Gasteiger partial charge in [0.25, 0.3) is 0 Å². The summed E-state index contributed by atoms with van der Waals surface area (Å²) in [5.74, 6) is 0.166. The third-order valence-corrected chi connectivity index (χ3v) is 1.26. The maximum absolute atomic E-state index is 10.5. The zero-order valence-corrected chi connectivity index (χ0v) is 6.72. The standard InChI is InChI=1S/C7H14O3/c1-6(8)4-5-7(9-2)10-3/h7H,4-5H2,1-3H3. The van der Waals surface area contributed by atoms with Gasteiger partial charge in [0.15, 0.2) is 6.29 Å². The molecule has 0 fully saturated rings. The molecule has 0 rings (SSSR count). The lowest BCUT2D eigenvalue weighted by molar-refractivity contribution is -0.125. The molecule has 0 aliphatic heterocycles. The van der Waals surface area contributed by atoms with E-state index in [4.69, 9.17) is 9.47 Å².